The van der Waals surface area contributed by atoms with Crippen molar-refractivity contribution >= 4 is 35.3 Å². The number of thiocarbonyl (C=S) groups is 1. The first-order valence-electron chi connectivity index (χ1n) is 13.6. The van der Waals surface area contributed by atoms with E-state index in [1.165, 1.54) is 24.2 Å². The third-order valence-electron chi connectivity index (χ3n) is 6.67. The highest BCUT2D eigenvalue weighted by Crippen LogP contribution is 2.31. The van der Waals surface area contributed by atoms with Crippen LogP contribution in [0.5, 0.6) is 0 Å². The smallest absolute Gasteiger partial charge is 0.338 e. The number of carbonyl (C=O) groups is 3. The van der Waals surface area contributed by atoms with Crippen LogP contribution >= 0.6 is 12.2 Å². The van der Waals surface area contributed by atoms with Crippen LogP contribution in [0.1, 0.15) is 31.1 Å². The Morgan fingerprint density at radius 3 is 1.77 bits per heavy atom. The second-order valence-electron chi connectivity index (χ2n) is 9.53. The van der Waals surface area contributed by atoms with Crippen molar-refractivity contribution < 1.29 is 42.8 Å². The third-order valence-corrected chi connectivity index (χ3v) is 6.98. The molecule has 0 radical (unpaired) electrons. The van der Waals surface area contributed by atoms with E-state index in [2.05, 4.69) is 4.98 Å². The summed E-state index contributed by atoms with van der Waals surface area (Å²) in [5, 5.41) is -0.0692. The number of ether oxygens (including phenoxy) is 6. The first-order chi connectivity index (χ1) is 21.4. The van der Waals surface area contributed by atoms with Gasteiger partial charge in [-0.1, -0.05) is 54.6 Å². The lowest BCUT2D eigenvalue weighted by Gasteiger charge is -2.44. The highest BCUT2D eigenvalue weighted by atomic mass is 32.1. The Morgan fingerprint density at radius 1 is 0.750 bits per heavy atom. The number of benzene rings is 3. The predicted molar refractivity (Wildman–Crippen MR) is 159 cm³/mol. The minimum Gasteiger partial charge on any atom is -0.460 e. The van der Waals surface area contributed by atoms with Gasteiger partial charge >= 0.3 is 17.9 Å². The number of carbonyl (C=O) groups excluding carboxylic acids is 3. The van der Waals surface area contributed by atoms with Gasteiger partial charge in [-0.2, -0.15) is 0 Å². The van der Waals surface area contributed by atoms with E-state index in [4.69, 9.17) is 40.6 Å². The van der Waals surface area contributed by atoms with Crippen molar-refractivity contribution in [2.45, 2.75) is 30.7 Å². The molecule has 1 aliphatic heterocycles. The number of hydrogen-bond acceptors (Lipinski definition) is 11. The molecule has 0 aliphatic carbocycles. The van der Waals surface area contributed by atoms with E-state index < -0.39 is 48.6 Å². The van der Waals surface area contributed by atoms with Gasteiger partial charge in [0.05, 0.1) is 16.7 Å². The number of methoxy groups -OCH3 is 1. The van der Waals surface area contributed by atoms with Crippen LogP contribution in [0.4, 0.5) is 0 Å². The molecule has 1 saturated heterocycles. The zero-order chi connectivity index (χ0) is 30.9. The van der Waals surface area contributed by atoms with Gasteiger partial charge in [0.2, 0.25) is 0 Å². The lowest BCUT2D eigenvalue weighted by molar-refractivity contribution is -0.290. The number of rotatable bonds is 9. The van der Waals surface area contributed by atoms with Gasteiger partial charge in [-0.05, 0) is 48.6 Å². The number of aromatic nitrogens is 2. The van der Waals surface area contributed by atoms with Gasteiger partial charge in [-0.25, -0.2) is 19.4 Å². The Labute approximate surface area is 258 Å². The minimum absolute atomic E-state index is 0.0692. The maximum Gasteiger partial charge on any atom is 0.338 e. The molecule has 1 aliphatic rings. The summed E-state index contributed by atoms with van der Waals surface area (Å²) in [6, 6.07) is 24.9. The van der Waals surface area contributed by atoms with E-state index in [1.54, 1.807) is 97.2 Å². The molecule has 1 fully saturated rings. The van der Waals surface area contributed by atoms with Gasteiger partial charge in [0.1, 0.15) is 19.0 Å². The van der Waals surface area contributed by atoms with Crippen molar-refractivity contribution in [3.8, 4) is 0 Å². The lowest BCUT2D eigenvalue weighted by atomic mass is 9.98. The largest absolute Gasteiger partial charge is 0.460 e. The highest BCUT2D eigenvalue weighted by Gasteiger charge is 2.53. The second kappa shape index (κ2) is 14.5. The van der Waals surface area contributed by atoms with E-state index in [0.717, 1.165) is 0 Å². The molecule has 0 bridgehead atoms. The first kappa shape index (κ1) is 30.5. The molecule has 0 spiro atoms. The molecule has 5 rings (SSSR count). The van der Waals surface area contributed by atoms with E-state index in [-0.39, 0.29) is 22.9 Å². The molecule has 4 aromatic rings. The van der Waals surface area contributed by atoms with Crippen LogP contribution in [0.15, 0.2) is 110 Å². The van der Waals surface area contributed by atoms with Crippen molar-refractivity contribution in [1.29, 1.82) is 0 Å². The first-order valence-corrected chi connectivity index (χ1v) is 14.0. The maximum absolute atomic E-state index is 13.4. The Kier molecular flexibility index (Phi) is 10.1. The van der Waals surface area contributed by atoms with Gasteiger partial charge in [-0.3, -0.25) is 4.57 Å². The lowest BCUT2D eigenvalue weighted by Crippen LogP contribution is -2.63. The van der Waals surface area contributed by atoms with Crippen LogP contribution in [-0.2, 0) is 28.4 Å². The van der Waals surface area contributed by atoms with Crippen LogP contribution in [-0.4, -0.2) is 77.1 Å². The van der Waals surface area contributed by atoms with Crippen molar-refractivity contribution in [2.75, 3.05) is 13.7 Å². The SMILES string of the molecule is CO[C@H]1O[C@H](COC(=O)c2ccccc2)[C@@H](OC(=S)n2ccnc2)[C@H](OC(=O)c2ccccc2)[C@H]1OC(=O)c1ccccc1. The summed E-state index contributed by atoms with van der Waals surface area (Å²) in [5.74, 6) is -2.06. The molecule has 0 N–H and O–H groups in total. The third kappa shape index (κ3) is 7.35. The zero-order valence-corrected chi connectivity index (χ0v) is 24.3. The van der Waals surface area contributed by atoms with Crippen LogP contribution in [0.25, 0.3) is 0 Å². The normalized spacial score (nSPS) is 21.1. The molecule has 0 amide bonds. The molecular weight excluding hydrogens is 588 g/mol. The van der Waals surface area contributed by atoms with E-state index in [0.29, 0.717) is 5.56 Å². The summed E-state index contributed by atoms with van der Waals surface area (Å²) in [5.41, 5.74) is 0.810. The summed E-state index contributed by atoms with van der Waals surface area (Å²) >= 11 is 5.50. The standard InChI is InChI=1S/C32H28N2O9S/c1-38-31-27(42-30(37)23-15-9-4-10-16-23)26(41-29(36)22-13-7-3-8-14-22)25(43-32(44)34-18-17-33-20-34)24(40-31)19-39-28(35)21-11-5-2-6-12-21/h2-18,20,24-27,31H,19H2,1H3/t24-,25-,26+,27-,31+/m1/s1. The van der Waals surface area contributed by atoms with Crippen molar-refractivity contribution in [3.63, 3.8) is 0 Å². The number of nitrogens with zero attached hydrogens (tertiary/aromatic N) is 2. The summed E-state index contributed by atoms with van der Waals surface area (Å²) in [7, 11) is 1.34. The van der Waals surface area contributed by atoms with Crippen molar-refractivity contribution in [2.24, 2.45) is 0 Å². The van der Waals surface area contributed by atoms with E-state index in [9.17, 15) is 14.4 Å². The molecule has 11 nitrogen and oxygen atoms in total. The quantitative estimate of drug-likeness (QED) is 0.153. The van der Waals surface area contributed by atoms with Crippen LogP contribution in [0.2, 0.25) is 0 Å². The zero-order valence-electron chi connectivity index (χ0n) is 23.5. The fraction of sp³-hybridized carbons (Fsp3) is 0.219. The average Bonchev–Trinajstić information content (AvgIpc) is 3.62. The van der Waals surface area contributed by atoms with Gasteiger partial charge in [0, 0.05) is 19.5 Å². The van der Waals surface area contributed by atoms with Gasteiger partial charge in [-0.15, -0.1) is 0 Å². The molecule has 2 heterocycles. The monoisotopic (exact) mass is 616 g/mol. The molecule has 0 saturated carbocycles. The van der Waals surface area contributed by atoms with Crippen LogP contribution in [0, 0.1) is 0 Å². The Bertz CT molecular complexity index is 1550. The topological polar surface area (TPSA) is 124 Å². The Morgan fingerprint density at radius 2 is 1.27 bits per heavy atom. The second-order valence-corrected chi connectivity index (χ2v) is 9.88. The molecular formula is C32H28N2O9S. The predicted octanol–water partition coefficient (Wildman–Crippen LogP) is 4.08. The average molecular weight is 617 g/mol. The number of hydrogen-bond donors (Lipinski definition) is 0. The molecule has 226 valence electrons. The molecule has 12 heteroatoms. The number of imidazole rings is 1. The van der Waals surface area contributed by atoms with Gasteiger partial charge in [0.25, 0.3) is 5.17 Å². The Balaban J connectivity index is 1.49. The van der Waals surface area contributed by atoms with Gasteiger partial charge < -0.3 is 28.4 Å². The molecule has 3 aromatic carbocycles. The van der Waals surface area contributed by atoms with Crippen LogP contribution in [0.3, 0.4) is 0 Å². The maximum atomic E-state index is 13.4. The summed E-state index contributed by atoms with van der Waals surface area (Å²) in [6.07, 6.45) is -1.75. The highest BCUT2D eigenvalue weighted by molar-refractivity contribution is 7.80. The summed E-state index contributed by atoms with van der Waals surface area (Å²) in [6.45, 7) is -0.344. The van der Waals surface area contributed by atoms with Crippen LogP contribution < -0.4 is 0 Å². The fourth-order valence-corrected chi connectivity index (χ4v) is 4.71. The van der Waals surface area contributed by atoms with Crippen molar-refractivity contribution in [1.82, 2.24) is 9.55 Å². The summed E-state index contributed by atoms with van der Waals surface area (Å²) in [4.78, 5) is 43.4. The minimum atomic E-state index is -1.34. The molecule has 1 aromatic heterocycles. The Hall–Kier alpha value is -4.91. The molecule has 44 heavy (non-hydrogen) atoms. The fourth-order valence-electron chi connectivity index (χ4n) is 4.50. The van der Waals surface area contributed by atoms with E-state index in [1.807, 2.05) is 0 Å². The van der Waals surface area contributed by atoms with Crippen molar-refractivity contribution in [3.05, 3.63) is 126 Å². The molecule has 5 atom stereocenters. The molecule has 0 unspecified atom stereocenters. The van der Waals surface area contributed by atoms with Gasteiger partial charge in [0.15, 0.2) is 24.6 Å². The summed E-state index contributed by atoms with van der Waals surface area (Å²) < 4.78 is 36.7. The van der Waals surface area contributed by atoms with E-state index >= 15 is 0 Å². The number of esters is 3.